The quantitative estimate of drug-likeness (QED) is 0.0538. The highest BCUT2D eigenvalue weighted by atomic mass is 16.8. The molecule has 1 amide bonds. The molecular formula is C50H56N4O20. The lowest BCUT2D eigenvalue weighted by molar-refractivity contribution is -0.351. The van der Waals surface area contributed by atoms with E-state index in [0.717, 1.165) is 63.8 Å². The molecule has 0 aromatic heterocycles. The van der Waals surface area contributed by atoms with Crippen molar-refractivity contribution in [3.05, 3.63) is 106 Å². The van der Waals surface area contributed by atoms with Gasteiger partial charge in [0, 0.05) is 52.4 Å². The minimum absolute atomic E-state index is 0.131. The second-order valence-electron chi connectivity index (χ2n) is 17.2. The molecule has 396 valence electrons. The van der Waals surface area contributed by atoms with Crippen molar-refractivity contribution in [1.82, 2.24) is 5.32 Å². The van der Waals surface area contributed by atoms with E-state index in [1.807, 2.05) is 48.5 Å². The highest BCUT2D eigenvalue weighted by Crippen LogP contribution is 2.44. The molecule has 2 saturated heterocycles. The standard InChI is InChI=1S/C50H56N4O20/c1-25(40(47(61)65-21-32-15-9-8-10-16-32)52-50(62)66-22-37-35-19-13-11-17-33(35)34-18-12-14-20-36(34)37)67-48-41(53-54-51)44(69-29(5)58)42(38(72-48)23-63-26(2)55)74-49-46(71-31(7)60)45(70-30(6)59)43(68-28(4)57)39(73-49)24-64-27(3)56/h8-20,25,37-46,48-49H,21-24H2,1-7H3,(H,52,62)/t25-,38-,39-,40+,41-,42-,43+,44-,45+,46-,48+,49+/m1/s1. The van der Waals surface area contributed by atoms with Crippen LogP contribution in [0.2, 0.25) is 0 Å². The summed E-state index contributed by atoms with van der Waals surface area (Å²) in [5.74, 6) is -6.79. The normalized spacial score (nSPS) is 24.6. The van der Waals surface area contributed by atoms with E-state index in [2.05, 4.69) is 15.3 Å². The molecule has 1 N–H and O–H groups in total. The highest BCUT2D eigenvalue weighted by Gasteiger charge is 2.57. The zero-order valence-electron chi connectivity index (χ0n) is 41.3. The van der Waals surface area contributed by atoms with Crippen molar-refractivity contribution in [2.45, 2.75) is 134 Å². The van der Waals surface area contributed by atoms with Gasteiger partial charge in [-0.1, -0.05) is 84.0 Å². The molecule has 74 heavy (non-hydrogen) atoms. The van der Waals surface area contributed by atoms with Crippen LogP contribution in [0.25, 0.3) is 21.6 Å². The van der Waals surface area contributed by atoms with Gasteiger partial charge in [-0.15, -0.1) is 0 Å². The van der Waals surface area contributed by atoms with Gasteiger partial charge in [-0.3, -0.25) is 28.8 Å². The molecule has 3 aromatic rings. The van der Waals surface area contributed by atoms with Crippen LogP contribution >= 0.6 is 0 Å². The largest absolute Gasteiger partial charge is 0.463 e. The van der Waals surface area contributed by atoms with Gasteiger partial charge >= 0.3 is 47.9 Å². The van der Waals surface area contributed by atoms with Crippen LogP contribution in [0.1, 0.15) is 71.1 Å². The maximum absolute atomic E-state index is 14.1. The summed E-state index contributed by atoms with van der Waals surface area (Å²) in [6.45, 7) is 5.84. The Morgan fingerprint density at radius 2 is 1.08 bits per heavy atom. The lowest BCUT2D eigenvalue weighted by atomic mass is 9.95. The molecule has 6 rings (SSSR count). The van der Waals surface area contributed by atoms with Crippen molar-refractivity contribution >= 4 is 47.9 Å². The van der Waals surface area contributed by atoms with Crippen LogP contribution in [0.15, 0.2) is 84.0 Å². The zero-order valence-corrected chi connectivity index (χ0v) is 41.3. The number of amides is 1. The van der Waals surface area contributed by atoms with Crippen LogP contribution < -0.4 is 5.32 Å². The van der Waals surface area contributed by atoms with Gasteiger partial charge < -0.3 is 62.2 Å². The van der Waals surface area contributed by atoms with Gasteiger partial charge in [0.1, 0.15) is 56.9 Å². The molecular weight excluding hydrogens is 977 g/mol. The van der Waals surface area contributed by atoms with E-state index in [9.17, 15) is 43.9 Å². The Hall–Kier alpha value is -7.63. The SMILES string of the molecule is CC(=O)OC[C@H]1O[C@@H](O[C@H]2[C@H](OC(C)=O)[C@@H](N=[N+]=[N-])[C@@H](O[C@H](C)[C@H](NC(=O)OCC3c4ccccc4-c4ccccc43)C(=O)OCc3ccccc3)O[C@@H]2COC(C)=O)[C@H](OC(C)=O)[C@@H](OC(C)=O)[C@H]1OC(C)=O. The predicted octanol–water partition coefficient (Wildman–Crippen LogP) is 4.41. The van der Waals surface area contributed by atoms with E-state index in [-0.39, 0.29) is 19.1 Å². The summed E-state index contributed by atoms with van der Waals surface area (Å²) >= 11 is 0. The molecule has 0 bridgehead atoms. The second kappa shape index (κ2) is 25.8. The zero-order chi connectivity index (χ0) is 53.6. The van der Waals surface area contributed by atoms with Gasteiger partial charge in [-0.05, 0) is 40.3 Å². The molecule has 0 spiro atoms. The fourth-order valence-electron chi connectivity index (χ4n) is 8.71. The first-order valence-electron chi connectivity index (χ1n) is 23.3. The topological polar surface area (TPSA) is 308 Å². The van der Waals surface area contributed by atoms with Crippen molar-refractivity contribution in [3.63, 3.8) is 0 Å². The third-order valence-corrected chi connectivity index (χ3v) is 11.7. The number of esters is 7. The van der Waals surface area contributed by atoms with Crippen LogP contribution in [0.4, 0.5) is 4.79 Å². The molecule has 0 saturated carbocycles. The average molecular weight is 1030 g/mol. The Labute approximate surface area is 424 Å². The van der Waals surface area contributed by atoms with Crippen LogP contribution in [0, 0.1) is 0 Å². The maximum atomic E-state index is 14.1. The lowest BCUT2D eigenvalue weighted by Gasteiger charge is -2.48. The van der Waals surface area contributed by atoms with Crippen molar-refractivity contribution in [2.75, 3.05) is 19.8 Å². The van der Waals surface area contributed by atoms with Crippen LogP contribution in [0.5, 0.6) is 0 Å². The summed E-state index contributed by atoms with van der Waals surface area (Å²) in [5.41, 5.74) is 14.4. The molecule has 0 unspecified atom stereocenters. The van der Waals surface area contributed by atoms with E-state index in [1.54, 1.807) is 30.3 Å². The number of fused-ring (bicyclic) bond motifs is 3. The van der Waals surface area contributed by atoms with Crippen molar-refractivity contribution < 1.29 is 95.2 Å². The number of hydrogen-bond acceptors (Lipinski definition) is 21. The summed E-state index contributed by atoms with van der Waals surface area (Å²) in [6.07, 6.45) is -18.0. The first kappa shape index (κ1) is 55.7. The molecule has 24 nitrogen and oxygen atoms in total. The van der Waals surface area contributed by atoms with E-state index in [4.69, 9.17) is 56.8 Å². The number of benzene rings is 3. The number of alkyl carbamates (subject to hydrolysis) is 1. The molecule has 3 aromatic carbocycles. The molecule has 2 heterocycles. The highest BCUT2D eigenvalue weighted by molar-refractivity contribution is 5.82. The molecule has 1 aliphatic carbocycles. The Morgan fingerprint density at radius 1 is 0.581 bits per heavy atom. The number of rotatable bonds is 20. The van der Waals surface area contributed by atoms with Gasteiger partial charge in [0.05, 0.1) is 6.10 Å². The Morgan fingerprint density at radius 3 is 1.64 bits per heavy atom. The number of hydrogen-bond donors (Lipinski definition) is 1. The smallest absolute Gasteiger partial charge is 0.407 e. The Kier molecular flexibility index (Phi) is 19.4. The fourth-order valence-corrected chi connectivity index (χ4v) is 8.71. The molecule has 24 heteroatoms. The summed E-state index contributed by atoms with van der Waals surface area (Å²) in [4.78, 5) is 106. The minimum atomic E-state index is -1.92. The fraction of sp³-hybridized carbons (Fsp3) is 0.480. The molecule has 3 aliphatic rings. The summed E-state index contributed by atoms with van der Waals surface area (Å²) in [5, 5.41) is 6.37. The molecule has 0 radical (unpaired) electrons. The number of azide groups is 1. The number of carbonyl (C=O) groups is 8. The number of nitrogens with zero attached hydrogens (tertiary/aromatic N) is 3. The summed E-state index contributed by atoms with van der Waals surface area (Å²) in [6, 6.07) is 20.6. The summed E-state index contributed by atoms with van der Waals surface area (Å²) < 4.78 is 69.4. The third-order valence-electron chi connectivity index (χ3n) is 11.7. The van der Waals surface area contributed by atoms with Crippen molar-refractivity contribution in [3.8, 4) is 11.1 Å². The third kappa shape index (κ3) is 14.5. The van der Waals surface area contributed by atoms with Gasteiger partial charge in [0.15, 0.2) is 36.9 Å². The summed E-state index contributed by atoms with van der Waals surface area (Å²) in [7, 11) is 0. The lowest BCUT2D eigenvalue weighted by Crippen LogP contribution is -2.67. The van der Waals surface area contributed by atoms with Crippen LogP contribution in [0.3, 0.4) is 0 Å². The van der Waals surface area contributed by atoms with Gasteiger partial charge in [0.25, 0.3) is 0 Å². The van der Waals surface area contributed by atoms with E-state index in [1.165, 1.54) is 6.92 Å². The average Bonchev–Trinajstić information content (AvgIpc) is 3.67. The van der Waals surface area contributed by atoms with Gasteiger partial charge in [-0.2, -0.15) is 0 Å². The Balaban J connectivity index is 1.32. The number of carbonyl (C=O) groups excluding carboxylic acids is 8. The molecule has 2 aliphatic heterocycles. The Bertz CT molecular complexity index is 2530. The van der Waals surface area contributed by atoms with Gasteiger partial charge in [0.2, 0.25) is 0 Å². The van der Waals surface area contributed by atoms with Crippen molar-refractivity contribution in [2.24, 2.45) is 5.11 Å². The van der Waals surface area contributed by atoms with E-state index in [0.29, 0.717) is 5.56 Å². The van der Waals surface area contributed by atoms with Crippen LogP contribution in [-0.2, 0) is 97.0 Å². The van der Waals surface area contributed by atoms with Crippen LogP contribution in [-0.4, -0.2) is 141 Å². The second-order valence-corrected chi connectivity index (χ2v) is 17.2. The molecule has 12 atom stereocenters. The predicted molar refractivity (Wildman–Crippen MR) is 249 cm³/mol. The van der Waals surface area contributed by atoms with Crippen molar-refractivity contribution in [1.29, 1.82) is 0 Å². The first-order valence-corrected chi connectivity index (χ1v) is 23.3. The maximum Gasteiger partial charge on any atom is 0.407 e. The number of ether oxygens (including phenoxy) is 12. The first-order chi connectivity index (χ1) is 35.3. The van der Waals surface area contributed by atoms with E-state index >= 15 is 0 Å². The van der Waals surface area contributed by atoms with E-state index < -0.39 is 135 Å². The molecule has 2 fully saturated rings. The monoisotopic (exact) mass is 1030 g/mol. The number of nitrogens with one attached hydrogen (secondary N) is 1. The minimum Gasteiger partial charge on any atom is -0.463 e. The van der Waals surface area contributed by atoms with Gasteiger partial charge in [-0.25, -0.2) is 9.59 Å².